The molecule has 0 aromatic rings. The largest absolute Gasteiger partial charge is 0.449 e. The molecule has 13 heavy (non-hydrogen) atoms. The van der Waals surface area contributed by atoms with Crippen molar-refractivity contribution < 1.29 is 19.7 Å². The molecule has 1 atom stereocenters. The van der Waals surface area contributed by atoms with E-state index in [4.69, 9.17) is 9.84 Å². The lowest BCUT2D eigenvalue weighted by molar-refractivity contribution is -0.0322. The Labute approximate surface area is 76.9 Å². The van der Waals surface area contributed by atoms with Gasteiger partial charge in [0.15, 0.2) is 0 Å². The van der Waals surface area contributed by atoms with E-state index in [1.165, 1.54) is 11.8 Å². The zero-order valence-electron chi connectivity index (χ0n) is 7.69. The van der Waals surface area contributed by atoms with Crippen LogP contribution in [-0.2, 0) is 4.74 Å². The molecule has 1 saturated heterocycles. The van der Waals surface area contributed by atoms with Gasteiger partial charge in [0.1, 0.15) is 5.60 Å². The summed E-state index contributed by atoms with van der Waals surface area (Å²) in [6, 6.07) is 0. The van der Waals surface area contributed by atoms with E-state index in [0.29, 0.717) is 13.2 Å². The summed E-state index contributed by atoms with van der Waals surface area (Å²) < 4.78 is 4.78. The zero-order chi connectivity index (χ0) is 9.90. The molecule has 1 aliphatic rings. The lowest BCUT2D eigenvalue weighted by atomic mass is 10.1. The van der Waals surface area contributed by atoms with Crippen LogP contribution in [-0.4, -0.2) is 53.1 Å². The molecule has 1 rings (SSSR count). The Morgan fingerprint density at radius 3 is 2.92 bits per heavy atom. The van der Waals surface area contributed by atoms with Crippen molar-refractivity contribution in [3.8, 4) is 0 Å². The topological polar surface area (TPSA) is 70.0 Å². The molecule has 0 spiro atoms. The first-order valence-corrected chi connectivity index (χ1v) is 4.30. The highest BCUT2D eigenvalue weighted by Crippen LogP contribution is 2.10. The number of ether oxygens (including phenoxy) is 1. The smallest absolute Gasteiger partial charge is 0.409 e. The third kappa shape index (κ3) is 2.86. The molecule has 1 fully saturated rings. The third-order valence-corrected chi connectivity index (χ3v) is 1.93. The summed E-state index contributed by atoms with van der Waals surface area (Å²) in [5.74, 6) is 0. The first-order valence-electron chi connectivity index (χ1n) is 4.30. The highest BCUT2D eigenvalue weighted by molar-refractivity contribution is 5.68. The second-order valence-corrected chi connectivity index (χ2v) is 3.54. The van der Waals surface area contributed by atoms with Crippen molar-refractivity contribution in [1.29, 1.82) is 0 Å². The summed E-state index contributed by atoms with van der Waals surface area (Å²) in [5, 5.41) is 18.3. The number of amides is 1. The SMILES string of the molecule is CC(O)(CO)CN1CCCOC1=O. The van der Waals surface area contributed by atoms with Gasteiger partial charge in [0.05, 0.1) is 19.8 Å². The molecule has 1 unspecified atom stereocenters. The van der Waals surface area contributed by atoms with E-state index in [-0.39, 0.29) is 13.2 Å². The van der Waals surface area contributed by atoms with Crippen LogP contribution in [0, 0.1) is 0 Å². The maximum atomic E-state index is 11.1. The van der Waals surface area contributed by atoms with Crippen LogP contribution in [0.15, 0.2) is 0 Å². The van der Waals surface area contributed by atoms with Crippen LogP contribution in [0.4, 0.5) is 4.79 Å². The molecule has 5 nitrogen and oxygen atoms in total. The van der Waals surface area contributed by atoms with E-state index in [1.807, 2.05) is 0 Å². The van der Waals surface area contributed by atoms with Gasteiger partial charge in [0, 0.05) is 6.54 Å². The molecule has 1 heterocycles. The van der Waals surface area contributed by atoms with Crippen molar-refractivity contribution in [2.75, 3.05) is 26.3 Å². The number of carbonyl (C=O) groups is 1. The molecule has 0 radical (unpaired) electrons. The summed E-state index contributed by atoms with van der Waals surface area (Å²) >= 11 is 0. The molecule has 0 saturated carbocycles. The average Bonchev–Trinajstić information content (AvgIpc) is 2.09. The number of hydrogen-bond acceptors (Lipinski definition) is 4. The van der Waals surface area contributed by atoms with Gasteiger partial charge in [0.2, 0.25) is 0 Å². The fourth-order valence-corrected chi connectivity index (χ4v) is 1.20. The Hall–Kier alpha value is -0.810. The van der Waals surface area contributed by atoms with Crippen LogP contribution in [0.5, 0.6) is 0 Å². The Morgan fingerprint density at radius 1 is 1.69 bits per heavy atom. The molecule has 0 aliphatic carbocycles. The molecule has 0 aromatic carbocycles. The first-order chi connectivity index (χ1) is 6.05. The number of rotatable bonds is 3. The van der Waals surface area contributed by atoms with E-state index >= 15 is 0 Å². The van der Waals surface area contributed by atoms with Gasteiger partial charge < -0.3 is 19.8 Å². The minimum atomic E-state index is -1.24. The average molecular weight is 189 g/mol. The van der Waals surface area contributed by atoms with Crippen molar-refractivity contribution in [3.63, 3.8) is 0 Å². The van der Waals surface area contributed by atoms with Gasteiger partial charge in [0.25, 0.3) is 0 Å². The van der Waals surface area contributed by atoms with Crippen LogP contribution >= 0.6 is 0 Å². The van der Waals surface area contributed by atoms with Crippen LogP contribution in [0.3, 0.4) is 0 Å². The molecular weight excluding hydrogens is 174 g/mol. The number of nitrogens with zero attached hydrogens (tertiary/aromatic N) is 1. The second-order valence-electron chi connectivity index (χ2n) is 3.54. The van der Waals surface area contributed by atoms with E-state index in [9.17, 15) is 9.90 Å². The Kier molecular flexibility index (Phi) is 3.11. The zero-order valence-corrected chi connectivity index (χ0v) is 7.69. The third-order valence-electron chi connectivity index (χ3n) is 1.93. The number of cyclic esters (lactones) is 1. The van der Waals surface area contributed by atoms with Crippen LogP contribution in [0.1, 0.15) is 13.3 Å². The summed E-state index contributed by atoms with van der Waals surface area (Å²) in [7, 11) is 0. The van der Waals surface area contributed by atoms with Crippen molar-refractivity contribution >= 4 is 6.09 Å². The normalized spacial score (nSPS) is 22.4. The lowest BCUT2D eigenvalue weighted by Crippen LogP contribution is -2.48. The number of hydrogen-bond donors (Lipinski definition) is 2. The Morgan fingerprint density at radius 2 is 2.38 bits per heavy atom. The predicted octanol–water partition coefficient (Wildman–Crippen LogP) is -0.428. The molecule has 76 valence electrons. The fourth-order valence-electron chi connectivity index (χ4n) is 1.20. The van der Waals surface area contributed by atoms with Gasteiger partial charge >= 0.3 is 6.09 Å². The van der Waals surface area contributed by atoms with Gasteiger partial charge in [-0.05, 0) is 13.3 Å². The van der Waals surface area contributed by atoms with Crippen molar-refractivity contribution in [3.05, 3.63) is 0 Å². The minimum Gasteiger partial charge on any atom is -0.449 e. The van der Waals surface area contributed by atoms with Gasteiger partial charge in [-0.25, -0.2) is 4.79 Å². The number of aliphatic hydroxyl groups is 2. The number of β-amino-alcohol motifs (C(OH)–C–C–N with tert-alkyl or cyclic N) is 1. The summed E-state index contributed by atoms with van der Waals surface area (Å²) in [4.78, 5) is 12.5. The van der Waals surface area contributed by atoms with Gasteiger partial charge in [-0.15, -0.1) is 0 Å². The second kappa shape index (κ2) is 3.93. The molecular formula is C8H15NO4. The van der Waals surface area contributed by atoms with Crippen molar-refractivity contribution in [2.24, 2.45) is 0 Å². The summed E-state index contributed by atoms with van der Waals surface area (Å²) in [6.07, 6.45) is 0.354. The van der Waals surface area contributed by atoms with Crippen molar-refractivity contribution in [2.45, 2.75) is 18.9 Å². The van der Waals surface area contributed by atoms with Crippen LogP contribution < -0.4 is 0 Å². The summed E-state index contributed by atoms with van der Waals surface area (Å²) in [5.41, 5.74) is -1.24. The monoisotopic (exact) mass is 189 g/mol. The fraction of sp³-hybridized carbons (Fsp3) is 0.875. The van der Waals surface area contributed by atoms with Gasteiger partial charge in [-0.3, -0.25) is 0 Å². The maximum absolute atomic E-state index is 11.1. The highest BCUT2D eigenvalue weighted by Gasteiger charge is 2.28. The molecule has 5 heteroatoms. The Balaban J connectivity index is 2.47. The van der Waals surface area contributed by atoms with Crippen LogP contribution in [0.25, 0.3) is 0 Å². The minimum absolute atomic E-state index is 0.113. The lowest BCUT2D eigenvalue weighted by Gasteiger charge is -2.32. The van der Waals surface area contributed by atoms with Gasteiger partial charge in [-0.2, -0.15) is 0 Å². The standard InChI is InChI=1S/C8H15NO4/c1-8(12,6-10)5-9-3-2-4-13-7(9)11/h10,12H,2-6H2,1H3. The molecule has 2 N–H and O–H groups in total. The number of carbonyl (C=O) groups excluding carboxylic acids is 1. The number of aliphatic hydroxyl groups excluding tert-OH is 1. The quantitative estimate of drug-likeness (QED) is 0.632. The molecule has 0 aromatic heterocycles. The van der Waals surface area contributed by atoms with Gasteiger partial charge in [-0.1, -0.05) is 0 Å². The van der Waals surface area contributed by atoms with E-state index < -0.39 is 11.7 Å². The molecule has 1 aliphatic heterocycles. The van der Waals surface area contributed by atoms with Crippen molar-refractivity contribution in [1.82, 2.24) is 4.90 Å². The molecule has 1 amide bonds. The summed E-state index contributed by atoms with van der Waals surface area (Å²) in [6.45, 7) is 2.25. The predicted molar refractivity (Wildman–Crippen MR) is 45.2 cm³/mol. The molecule has 0 bridgehead atoms. The maximum Gasteiger partial charge on any atom is 0.409 e. The Bertz CT molecular complexity index is 193. The van der Waals surface area contributed by atoms with E-state index in [0.717, 1.165) is 6.42 Å². The van der Waals surface area contributed by atoms with Crippen LogP contribution in [0.2, 0.25) is 0 Å². The van der Waals surface area contributed by atoms with E-state index in [2.05, 4.69) is 0 Å². The first kappa shape index (κ1) is 10.3. The van der Waals surface area contributed by atoms with E-state index in [1.54, 1.807) is 0 Å². The highest BCUT2D eigenvalue weighted by atomic mass is 16.6.